The van der Waals surface area contributed by atoms with E-state index >= 15 is 0 Å². The fraction of sp³-hybridized carbons (Fsp3) is 0.273. The number of aromatic nitrogens is 2. The Labute approximate surface area is 183 Å². The van der Waals surface area contributed by atoms with E-state index in [9.17, 15) is 14.0 Å². The van der Waals surface area contributed by atoms with Gasteiger partial charge in [-0.1, -0.05) is 6.07 Å². The number of oxazole rings is 1. The third-order valence-electron chi connectivity index (χ3n) is 4.95. The van der Waals surface area contributed by atoms with Crippen molar-refractivity contribution in [3.63, 3.8) is 0 Å². The zero-order valence-electron chi connectivity index (χ0n) is 17.4. The molecule has 1 atom stereocenters. The van der Waals surface area contributed by atoms with Crippen LogP contribution >= 0.6 is 0 Å². The number of nitrogens with zero attached hydrogens (tertiary/aromatic N) is 3. The van der Waals surface area contributed by atoms with Crippen LogP contribution in [0.3, 0.4) is 0 Å². The highest BCUT2D eigenvalue weighted by molar-refractivity contribution is 5.90. The second-order valence-electron chi connectivity index (χ2n) is 7.34. The Balaban J connectivity index is 1.38. The van der Waals surface area contributed by atoms with Crippen LogP contribution in [0.15, 0.2) is 53.6 Å². The first kappa shape index (κ1) is 21.4. The van der Waals surface area contributed by atoms with Crippen molar-refractivity contribution in [2.75, 3.05) is 18.0 Å². The van der Waals surface area contributed by atoms with Crippen molar-refractivity contribution >= 4 is 17.7 Å². The van der Waals surface area contributed by atoms with E-state index < -0.39 is 18.0 Å². The van der Waals surface area contributed by atoms with Crippen LogP contribution in [0, 0.1) is 5.82 Å². The largest absolute Gasteiger partial charge is 0.451 e. The van der Waals surface area contributed by atoms with Gasteiger partial charge in [-0.05, 0) is 24.3 Å². The molecule has 1 aliphatic rings. The number of amides is 2. The first-order valence-electron chi connectivity index (χ1n) is 10.0. The maximum absolute atomic E-state index is 14.8. The molecule has 3 heterocycles. The summed E-state index contributed by atoms with van der Waals surface area (Å²) in [5.74, 6) is -0.681. The van der Waals surface area contributed by atoms with Gasteiger partial charge in [0.05, 0.1) is 30.2 Å². The first-order valence-corrected chi connectivity index (χ1v) is 10.0. The van der Waals surface area contributed by atoms with Crippen molar-refractivity contribution in [1.82, 2.24) is 20.6 Å². The number of benzene rings is 1. The Morgan fingerprint density at radius 2 is 2.06 bits per heavy atom. The topological polar surface area (TPSA) is 110 Å². The molecule has 1 saturated heterocycles. The van der Waals surface area contributed by atoms with Crippen molar-refractivity contribution in [3.8, 4) is 11.1 Å². The lowest BCUT2D eigenvalue weighted by atomic mass is 10.1. The van der Waals surface area contributed by atoms with Crippen LogP contribution in [-0.2, 0) is 22.6 Å². The molecule has 0 aliphatic carbocycles. The summed E-state index contributed by atoms with van der Waals surface area (Å²) in [6.45, 7) is 2.92. The van der Waals surface area contributed by atoms with Gasteiger partial charge < -0.3 is 19.8 Å². The number of carbonyl (C=O) groups excluding carboxylic acids is 2. The van der Waals surface area contributed by atoms with Crippen LogP contribution < -0.4 is 15.5 Å². The number of hydrogen-bond acceptors (Lipinski definition) is 7. The van der Waals surface area contributed by atoms with Crippen LogP contribution in [0.1, 0.15) is 18.3 Å². The maximum Gasteiger partial charge on any atom is 0.414 e. The summed E-state index contributed by atoms with van der Waals surface area (Å²) in [7, 11) is 0. The molecule has 10 heteroatoms. The molecule has 0 unspecified atom stereocenters. The van der Waals surface area contributed by atoms with Gasteiger partial charge in [-0.15, -0.1) is 0 Å². The van der Waals surface area contributed by atoms with Gasteiger partial charge in [0.1, 0.15) is 18.2 Å². The Kier molecular flexibility index (Phi) is 6.41. The number of hydrogen-bond donors (Lipinski definition) is 2. The van der Waals surface area contributed by atoms with Crippen LogP contribution in [0.2, 0.25) is 0 Å². The number of nitrogens with one attached hydrogen (secondary N) is 2. The standard InChI is InChI=1S/C22H22FN5O4/c1-14(29)25-10-19-11-28(22(30)32-19)18-4-5-20(21(23)6-18)15-2-3-16(26-7-15)8-24-9-17-12-31-13-27-17/h2-7,12-13,19,24H,8-11H2,1H3,(H,25,29)/t19-/m0/s1. The number of cyclic esters (lactones) is 1. The van der Waals surface area contributed by atoms with E-state index in [-0.39, 0.29) is 19.0 Å². The molecule has 2 N–H and O–H groups in total. The van der Waals surface area contributed by atoms with Crippen molar-refractivity contribution in [2.45, 2.75) is 26.1 Å². The van der Waals surface area contributed by atoms with Crippen molar-refractivity contribution in [2.24, 2.45) is 0 Å². The number of rotatable bonds is 8. The minimum absolute atomic E-state index is 0.208. The van der Waals surface area contributed by atoms with E-state index in [4.69, 9.17) is 9.15 Å². The van der Waals surface area contributed by atoms with Gasteiger partial charge in [-0.25, -0.2) is 14.2 Å². The predicted molar refractivity (Wildman–Crippen MR) is 113 cm³/mol. The van der Waals surface area contributed by atoms with E-state index in [1.165, 1.54) is 24.3 Å². The second-order valence-corrected chi connectivity index (χ2v) is 7.34. The highest BCUT2D eigenvalue weighted by atomic mass is 19.1. The summed E-state index contributed by atoms with van der Waals surface area (Å²) < 4.78 is 25.0. The molecule has 3 aromatic rings. The van der Waals surface area contributed by atoms with E-state index in [0.717, 1.165) is 11.4 Å². The molecule has 166 valence electrons. The average Bonchev–Trinajstić information content (AvgIpc) is 3.42. The SMILES string of the molecule is CC(=O)NC[C@H]1CN(c2ccc(-c3ccc(CNCc4cocn4)nc3)c(F)c2)C(=O)O1. The molecule has 0 spiro atoms. The van der Waals surface area contributed by atoms with Gasteiger partial charge >= 0.3 is 6.09 Å². The predicted octanol–water partition coefficient (Wildman–Crippen LogP) is 2.63. The molecule has 2 amide bonds. The summed E-state index contributed by atoms with van der Waals surface area (Å²) in [5, 5.41) is 5.82. The highest BCUT2D eigenvalue weighted by Crippen LogP contribution is 2.28. The minimum atomic E-state index is -0.573. The summed E-state index contributed by atoms with van der Waals surface area (Å²) >= 11 is 0. The normalized spacial score (nSPS) is 15.6. The zero-order chi connectivity index (χ0) is 22.5. The molecule has 0 bridgehead atoms. The Bertz CT molecular complexity index is 1090. The molecule has 4 rings (SSSR count). The molecule has 32 heavy (non-hydrogen) atoms. The number of pyridine rings is 1. The fourth-order valence-corrected chi connectivity index (χ4v) is 3.33. The number of halogens is 1. The third kappa shape index (κ3) is 5.09. The van der Waals surface area contributed by atoms with E-state index in [1.807, 2.05) is 6.07 Å². The van der Waals surface area contributed by atoms with Crippen molar-refractivity contribution in [1.29, 1.82) is 0 Å². The molecule has 9 nitrogen and oxygen atoms in total. The Morgan fingerprint density at radius 3 is 2.75 bits per heavy atom. The monoisotopic (exact) mass is 439 g/mol. The fourth-order valence-electron chi connectivity index (χ4n) is 3.33. The van der Waals surface area contributed by atoms with E-state index in [2.05, 4.69) is 20.6 Å². The lowest BCUT2D eigenvalue weighted by Crippen LogP contribution is -2.33. The van der Waals surface area contributed by atoms with Gasteiger partial charge in [0.25, 0.3) is 0 Å². The number of anilines is 1. The summed E-state index contributed by atoms with van der Waals surface area (Å²) in [4.78, 5) is 32.9. The van der Waals surface area contributed by atoms with Crippen LogP contribution in [-0.4, -0.2) is 41.2 Å². The third-order valence-corrected chi connectivity index (χ3v) is 4.95. The zero-order valence-corrected chi connectivity index (χ0v) is 17.4. The van der Waals surface area contributed by atoms with E-state index in [1.54, 1.807) is 30.7 Å². The van der Waals surface area contributed by atoms with E-state index in [0.29, 0.717) is 29.9 Å². The van der Waals surface area contributed by atoms with Gasteiger partial charge in [0.2, 0.25) is 5.91 Å². The van der Waals surface area contributed by atoms with Crippen LogP contribution in [0.5, 0.6) is 0 Å². The molecule has 0 saturated carbocycles. The summed E-state index contributed by atoms with van der Waals surface area (Å²) in [5.41, 5.74) is 3.00. The van der Waals surface area contributed by atoms with Gasteiger partial charge in [-0.2, -0.15) is 0 Å². The smallest absolute Gasteiger partial charge is 0.414 e. The maximum atomic E-state index is 14.8. The minimum Gasteiger partial charge on any atom is -0.451 e. The second kappa shape index (κ2) is 9.56. The molecule has 2 aromatic heterocycles. The number of carbonyl (C=O) groups is 2. The number of ether oxygens (including phenoxy) is 1. The lowest BCUT2D eigenvalue weighted by Gasteiger charge is -2.14. The first-order chi connectivity index (χ1) is 15.5. The summed E-state index contributed by atoms with van der Waals surface area (Å²) in [6.07, 6.45) is 3.50. The van der Waals surface area contributed by atoms with Crippen LogP contribution in [0.4, 0.5) is 14.9 Å². The Morgan fingerprint density at radius 1 is 1.22 bits per heavy atom. The van der Waals surface area contributed by atoms with Gasteiger partial charge in [0.15, 0.2) is 6.39 Å². The quantitative estimate of drug-likeness (QED) is 0.555. The Hall–Kier alpha value is -3.79. The molecule has 1 aromatic carbocycles. The van der Waals surface area contributed by atoms with Gasteiger partial charge in [-0.3, -0.25) is 14.7 Å². The average molecular weight is 439 g/mol. The molecule has 1 fully saturated rings. The molecular formula is C22H22FN5O4. The molecular weight excluding hydrogens is 417 g/mol. The van der Waals surface area contributed by atoms with Crippen molar-refractivity contribution < 1.29 is 23.1 Å². The van der Waals surface area contributed by atoms with Crippen molar-refractivity contribution in [3.05, 3.63) is 66.4 Å². The summed E-state index contributed by atoms with van der Waals surface area (Å²) in [6, 6.07) is 8.19. The molecule has 0 radical (unpaired) electrons. The van der Waals surface area contributed by atoms with Crippen LogP contribution in [0.25, 0.3) is 11.1 Å². The lowest BCUT2D eigenvalue weighted by molar-refractivity contribution is -0.119. The molecule has 1 aliphatic heterocycles. The van der Waals surface area contributed by atoms with Gasteiger partial charge in [0, 0.05) is 37.3 Å². The highest BCUT2D eigenvalue weighted by Gasteiger charge is 2.32.